The highest BCUT2D eigenvalue weighted by Crippen LogP contribution is 2.19. The Kier molecular flexibility index (Phi) is 7.00. The van der Waals surface area contributed by atoms with Crippen molar-refractivity contribution in [3.63, 3.8) is 0 Å². The molecule has 0 atom stereocenters. The highest BCUT2D eigenvalue weighted by molar-refractivity contribution is 5.81. The third-order valence-corrected chi connectivity index (χ3v) is 6.05. The second kappa shape index (κ2) is 10.3. The number of fused-ring (bicyclic) bond motifs is 1. The van der Waals surface area contributed by atoms with Gasteiger partial charge in [-0.25, -0.2) is 4.79 Å². The van der Waals surface area contributed by atoms with Crippen molar-refractivity contribution in [2.75, 3.05) is 6.54 Å². The normalized spacial score (nSPS) is 13.7. The lowest BCUT2D eigenvalue weighted by Crippen LogP contribution is -2.43. The van der Waals surface area contributed by atoms with Gasteiger partial charge in [0.15, 0.2) is 0 Å². The van der Waals surface area contributed by atoms with Gasteiger partial charge in [0.1, 0.15) is 6.54 Å². The number of aryl methyl sites for hydroxylation is 1. The Bertz CT molecular complexity index is 1240. The molecule has 32 heavy (non-hydrogen) atoms. The quantitative estimate of drug-likeness (QED) is 0.556. The Hall–Kier alpha value is -3.41. The maximum Gasteiger partial charge on any atom is 0.331 e. The molecule has 0 spiro atoms. The molecule has 1 aromatic heterocycles. The fraction of sp³-hybridized carbons (Fsp3) is 0.346. The summed E-state index contributed by atoms with van der Waals surface area (Å²) in [6.07, 6.45) is 8.36. The van der Waals surface area contributed by atoms with Crippen molar-refractivity contribution in [1.82, 2.24) is 14.5 Å². The predicted octanol–water partition coefficient (Wildman–Crippen LogP) is 3.41. The zero-order valence-electron chi connectivity index (χ0n) is 18.3. The zero-order valence-corrected chi connectivity index (χ0v) is 18.3. The van der Waals surface area contributed by atoms with Crippen molar-refractivity contribution in [3.05, 3.63) is 92.6 Å². The van der Waals surface area contributed by atoms with Gasteiger partial charge in [-0.2, -0.15) is 0 Å². The molecule has 1 N–H and O–H groups in total. The minimum absolute atomic E-state index is 0.107. The Morgan fingerprint density at radius 3 is 2.47 bits per heavy atom. The Labute approximate surface area is 187 Å². The lowest BCUT2D eigenvalue weighted by molar-refractivity contribution is -0.121. The van der Waals surface area contributed by atoms with Crippen molar-refractivity contribution in [1.29, 1.82) is 0 Å². The van der Waals surface area contributed by atoms with Gasteiger partial charge in [-0.1, -0.05) is 54.1 Å². The molecule has 0 radical (unpaired) electrons. The largest absolute Gasteiger partial charge is 0.354 e. The number of para-hydroxylation sites is 1. The van der Waals surface area contributed by atoms with Crippen LogP contribution >= 0.6 is 0 Å². The molecule has 1 amide bonds. The number of allylic oxidation sites excluding steroid dienone is 1. The van der Waals surface area contributed by atoms with Crippen LogP contribution in [0.1, 0.15) is 37.7 Å². The second-order valence-electron chi connectivity index (χ2n) is 8.29. The van der Waals surface area contributed by atoms with Crippen LogP contribution in [0.4, 0.5) is 0 Å². The van der Waals surface area contributed by atoms with Gasteiger partial charge in [-0.15, -0.1) is 0 Å². The smallest absolute Gasteiger partial charge is 0.331 e. The van der Waals surface area contributed by atoms with Crippen molar-refractivity contribution < 1.29 is 4.79 Å². The molecule has 0 unspecified atom stereocenters. The van der Waals surface area contributed by atoms with E-state index in [9.17, 15) is 14.4 Å². The van der Waals surface area contributed by atoms with E-state index in [1.165, 1.54) is 27.5 Å². The van der Waals surface area contributed by atoms with E-state index >= 15 is 0 Å². The molecule has 0 saturated heterocycles. The number of carbonyl (C=O) groups excluding carboxylic acids is 1. The van der Waals surface area contributed by atoms with E-state index in [0.717, 1.165) is 24.8 Å². The molecule has 6 heteroatoms. The van der Waals surface area contributed by atoms with Crippen LogP contribution in [0.5, 0.6) is 0 Å². The number of aromatic nitrogens is 2. The van der Waals surface area contributed by atoms with Gasteiger partial charge in [0, 0.05) is 13.1 Å². The molecule has 0 fully saturated rings. The van der Waals surface area contributed by atoms with Crippen LogP contribution in [0.15, 0.2) is 75.8 Å². The van der Waals surface area contributed by atoms with E-state index in [1.54, 1.807) is 24.3 Å². The molecule has 1 aliphatic carbocycles. The van der Waals surface area contributed by atoms with E-state index in [2.05, 4.69) is 11.4 Å². The second-order valence-corrected chi connectivity index (χ2v) is 8.29. The Morgan fingerprint density at radius 2 is 1.69 bits per heavy atom. The summed E-state index contributed by atoms with van der Waals surface area (Å²) in [5.74, 6) is -0.220. The van der Waals surface area contributed by atoms with Crippen LogP contribution in [0, 0.1) is 0 Å². The standard InChI is InChI=1S/C26H29N3O3/c30-24(27-17-15-20-9-3-1-4-10-20)19-29-23-14-8-7-13-22(23)25(31)28(26(29)32)18-16-21-11-5-2-6-12-21/h2,5-9,11-14H,1,3-4,10,15-19H2,(H,27,30). The highest BCUT2D eigenvalue weighted by Gasteiger charge is 2.15. The molecule has 4 rings (SSSR count). The maximum atomic E-state index is 13.2. The predicted molar refractivity (Wildman–Crippen MR) is 127 cm³/mol. The van der Waals surface area contributed by atoms with Crippen molar-refractivity contribution >= 4 is 16.8 Å². The van der Waals surface area contributed by atoms with Gasteiger partial charge in [0.05, 0.1) is 10.9 Å². The average molecular weight is 432 g/mol. The van der Waals surface area contributed by atoms with Crippen LogP contribution in [0.3, 0.4) is 0 Å². The SMILES string of the molecule is O=C(Cn1c(=O)n(CCc2ccccc2)c(=O)c2ccccc21)NCCC1=CCCCC1. The third kappa shape index (κ3) is 5.07. The van der Waals surface area contributed by atoms with Crippen LogP contribution in [0.25, 0.3) is 10.9 Å². The van der Waals surface area contributed by atoms with E-state index < -0.39 is 5.69 Å². The molecule has 2 aromatic carbocycles. The summed E-state index contributed by atoms with van der Waals surface area (Å²) < 4.78 is 2.66. The van der Waals surface area contributed by atoms with Gasteiger partial charge in [-0.05, 0) is 56.2 Å². The Balaban J connectivity index is 1.54. The van der Waals surface area contributed by atoms with Crippen LogP contribution in [-0.4, -0.2) is 21.6 Å². The van der Waals surface area contributed by atoms with E-state index in [4.69, 9.17) is 0 Å². The molecule has 3 aromatic rings. The molecule has 1 heterocycles. The molecule has 0 bridgehead atoms. The van der Waals surface area contributed by atoms with Crippen LogP contribution < -0.4 is 16.6 Å². The molecule has 1 aliphatic rings. The van der Waals surface area contributed by atoms with Crippen molar-refractivity contribution in [2.24, 2.45) is 0 Å². The third-order valence-electron chi connectivity index (χ3n) is 6.05. The summed E-state index contributed by atoms with van der Waals surface area (Å²) >= 11 is 0. The minimum Gasteiger partial charge on any atom is -0.354 e. The summed E-state index contributed by atoms with van der Waals surface area (Å²) in [6.45, 7) is 0.720. The number of benzene rings is 2. The highest BCUT2D eigenvalue weighted by atomic mass is 16.2. The molecule has 0 saturated carbocycles. The first-order valence-electron chi connectivity index (χ1n) is 11.3. The van der Waals surface area contributed by atoms with Gasteiger partial charge < -0.3 is 5.32 Å². The maximum absolute atomic E-state index is 13.2. The summed E-state index contributed by atoms with van der Waals surface area (Å²) in [7, 11) is 0. The summed E-state index contributed by atoms with van der Waals surface area (Å²) in [4.78, 5) is 38.9. The number of amides is 1. The number of nitrogens with one attached hydrogen (secondary N) is 1. The first-order valence-corrected chi connectivity index (χ1v) is 11.3. The van der Waals surface area contributed by atoms with E-state index in [-0.39, 0.29) is 24.6 Å². The molecule has 166 valence electrons. The lowest BCUT2D eigenvalue weighted by Gasteiger charge is -2.15. The van der Waals surface area contributed by atoms with Gasteiger partial charge in [-0.3, -0.25) is 18.7 Å². The number of nitrogens with zero attached hydrogens (tertiary/aromatic N) is 2. The van der Waals surface area contributed by atoms with Crippen molar-refractivity contribution in [2.45, 2.75) is 51.6 Å². The van der Waals surface area contributed by atoms with Crippen LogP contribution in [0.2, 0.25) is 0 Å². The van der Waals surface area contributed by atoms with Gasteiger partial charge in [0.2, 0.25) is 5.91 Å². The molecule has 0 aliphatic heterocycles. The number of rotatable bonds is 8. The topological polar surface area (TPSA) is 73.1 Å². The van der Waals surface area contributed by atoms with Crippen molar-refractivity contribution in [3.8, 4) is 0 Å². The fourth-order valence-corrected chi connectivity index (χ4v) is 4.30. The summed E-state index contributed by atoms with van der Waals surface area (Å²) in [5.41, 5.74) is 2.17. The Morgan fingerprint density at radius 1 is 0.906 bits per heavy atom. The first kappa shape index (κ1) is 21.8. The molecular formula is C26H29N3O3. The number of carbonyl (C=O) groups is 1. The fourth-order valence-electron chi connectivity index (χ4n) is 4.30. The van der Waals surface area contributed by atoms with E-state index in [1.807, 2.05) is 30.3 Å². The van der Waals surface area contributed by atoms with E-state index in [0.29, 0.717) is 23.9 Å². The molecular weight excluding hydrogens is 402 g/mol. The number of hydrogen-bond acceptors (Lipinski definition) is 3. The van der Waals surface area contributed by atoms with Gasteiger partial charge >= 0.3 is 5.69 Å². The van der Waals surface area contributed by atoms with Crippen LogP contribution in [-0.2, 0) is 24.3 Å². The zero-order chi connectivity index (χ0) is 22.3. The summed E-state index contributed by atoms with van der Waals surface area (Å²) in [5, 5.41) is 3.38. The molecule has 6 nitrogen and oxygen atoms in total. The average Bonchev–Trinajstić information content (AvgIpc) is 2.83. The first-order chi connectivity index (χ1) is 15.6. The monoisotopic (exact) mass is 431 g/mol. The van der Waals surface area contributed by atoms with Gasteiger partial charge in [0.25, 0.3) is 5.56 Å². The summed E-state index contributed by atoms with van der Waals surface area (Å²) in [6, 6.07) is 16.7. The lowest BCUT2D eigenvalue weighted by atomic mass is 9.97. The number of hydrogen-bond donors (Lipinski definition) is 1. The minimum atomic E-state index is -0.449.